The van der Waals surface area contributed by atoms with Gasteiger partial charge < -0.3 is 5.73 Å². The third-order valence-corrected chi connectivity index (χ3v) is 2.01. The van der Waals surface area contributed by atoms with Crippen LogP contribution in [0.1, 0.15) is 24.0 Å². The van der Waals surface area contributed by atoms with Crippen molar-refractivity contribution in [2.75, 3.05) is 0 Å². The first-order valence-electron chi connectivity index (χ1n) is 4.50. The number of primary amides is 1. The van der Waals surface area contributed by atoms with Crippen LogP contribution in [0.25, 0.3) is 0 Å². The van der Waals surface area contributed by atoms with Crippen molar-refractivity contribution in [1.29, 1.82) is 5.26 Å². The summed E-state index contributed by atoms with van der Waals surface area (Å²) < 4.78 is 0. The van der Waals surface area contributed by atoms with Crippen molar-refractivity contribution in [3.63, 3.8) is 0 Å². The van der Waals surface area contributed by atoms with Crippen LogP contribution in [-0.4, -0.2) is 5.91 Å². The van der Waals surface area contributed by atoms with E-state index in [2.05, 4.69) is 6.07 Å². The molecule has 0 fully saturated rings. The Morgan fingerprint density at radius 3 is 2.79 bits per heavy atom. The molecule has 1 aromatic carbocycles. The normalized spacial score (nSPS) is 9.36. The average molecular weight is 188 g/mol. The molecule has 0 saturated heterocycles. The van der Waals surface area contributed by atoms with Crippen LogP contribution in [0.2, 0.25) is 0 Å². The first-order chi connectivity index (χ1) is 6.74. The van der Waals surface area contributed by atoms with Crippen LogP contribution >= 0.6 is 0 Å². The number of carbonyl (C=O) groups is 1. The lowest BCUT2D eigenvalue weighted by Gasteiger charge is -2.01. The fraction of sp³-hybridized carbons (Fsp3) is 0.273. The van der Waals surface area contributed by atoms with Crippen LogP contribution in [0.4, 0.5) is 0 Å². The fourth-order valence-corrected chi connectivity index (χ4v) is 1.30. The third kappa shape index (κ3) is 2.91. The van der Waals surface area contributed by atoms with Gasteiger partial charge >= 0.3 is 0 Å². The molecule has 0 aliphatic heterocycles. The van der Waals surface area contributed by atoms with Crippen molar-refractivity contribution in [1.82, 2.24) is 0 Å². The Balaban J connectivity index is 2.59. The van der Waals surface area contributed by atoms with Crippen LogP contribution in [0, 0.1) is 11.3 Å². The quantitative estimate of drug-likeness (QED) is 0.775. The van der Waals surface area contributed by atoms with Crippen LogP contribution in [0.5, 0.6) is 0 Å². The largest absolute Gasteiger partial charge is 0.370 e. The number of nitrogens with two attached hydrogens (primary N) is 1. The summed E-state index contributed by atoms with van der Waals surface area (Å²) in [7, 11) is 0. The molecule has 0 saturated carbocycles. The molecule has 3 nitrogen and oxygen atoms in total. The highest BCUT2D eigenvalue weighted by Crippen LogP contribution is 2.10. The SMILES string of the molecule is N#Cc1ccccc1CCCC(N)=O. The molecule has 0 unspecified atom stereocenters. The van der Waals surface area contributed by atoms with Gasteiger partial charge in [-0.1, -0.05) is 18.2 Å². The van der Waals surface area contributed by atoms with Crippen molar-refractivity contribution in [3.05, 3.63) is 35.4 Å². The van der Waals surface area contributed by atoms with E-state index in [9.17, 15) is 4.79 Å². The first-order valence-corrected chi connectivity index (χ1v) is 4.50. The smallest absolute Gasteiger partial charge is 0.217 e. The first kappa shape index (κ1) is 10.3. The number of amides is 1. The van der Waals surface area contributed by atoms with E-state index in [1.54, 1.807) is 6.07 Å². The van der Waals surface area contributed by atoms with Crippen LogP contribution in [0.3, 0.4) is 0 Å². The van der Waals surface area contributed by atoms with Gasteiger partial charge in [-0.25, -0.2) is 0 Å². The van der Waals surface area contributed by atoms with E-state index in [4.69, 9.17) is 11.0 Å². The van der Waals surface area contributed by atoms with E-state index in [1.165, 1.54) is 0 Å². The molecule has 0 atom stereocenters. The molecular formula is C11H12N2O. The second kappa shape index (κ2) is 5.03. The fourth-order valence-electron chi connectivity index (χ4n) is 1.30. The highest BCUT2D eigenvalue weighted by molar-refractivity contribution is 5.73. The maximum atomic E-state index is 10.5. The minimum Gasteiger partial charge on any atom is -0.370 e. The highest BCUT2D eigenvalue weighted by Gasteiger charge is 2.01. The second-order valence-electron chi connectivity index (χ2n) is 3.09. The number of nitrogens with zero attached hydrogens (tertiary/aromatic N) is 1. The topological polar surface area (TPSA) is 66.9 Å². The Bertz CT molecular complexity index is 366. The summed E-state index contributed by atoms with van der Waals surface area (Å²) in [6.07, 6.45) is 1.81. The van der Waals surface area contributed by atoms with Crippen molar-refractivity contribution in [3.8, 4) is 6.07 Å². The summed E-state index contributed by atoms with van der Waals surface area (Å²) >= 11 is 0. The van der Waals surface area contributed by atoms with Gasteiger partial charge in [-0.15, -0.1) is 0 Å². The molecule has 0 aliphatic carbocycles. The van der Waals surface area contributed by atoms with Gasteiger partial charge in [-0.2, -0.15) is 5.26 Å². The number of hydrogen-bond acceptors (Lipinski definition) is 2. The third-order valence-electron chi connectivity index (χ3n) is 2.01. The molecule has 1 amide bonds. The van der Waals surface area contributed by atoms with Crippen LogP contribution in [0.15, 0.2) is 24.3 Å². The molecule has 72 valence electrons. The van der Waals surface area contributed by atoms with Crippen LogP contribution < -0.4 is 5.73 Å². The summed E-state index contributed by atoms with van der Waals surface area (Å²) in [6, 6.07) is 9.52. The van der Waals surface area contributed by atoms with Crippen molar-refractivity contribution in [2.24, 2.45) is 5.73 Å². The molecule has 14 heavy (non-hydrogen) atoms. The van der Waals surface area contributed by atoms with Crippen LogP contribution in [-0.2, 0) is 11.2 Å². The zero-order valence-electron chi connectivity index (χ0n) is 7.86. The van der Waals surface area contributed by atoms with Crippen molar-refractivity contribution in [2.45, 2.75) is 19.3 Å². The average Bonchev–Trinajstić information content (AvgIpc) is 2.18. The number of hydrogen-bond donors (Lipinski definition) is 1. The lowest BCUT2D eigenvalue weighted by Crippen LogP contribution is -2.10. The number of nitriles is 1. The number of benzene rings is 1. The van der Waals surface area contributed by atoms with Gasteiger partial charge in [0.15, 0.2) is 0 Å². The van der Waals surface area contributed by atoms with Gasteiger partial charge in [0.1, 0.15) is 0 Å². The Labute approximate surface area is 83.2 Å². The van der Waals surface area contributed by atoms with E-state index < -0.39 is 0 Å². The molecule has 0 spiro atoms. The lowest BCUT2D eigenvalue weighted by molar-refractivity contribution is -0.118. The molecule has 1 aromatic rings. The van der Waals surface area contributed by atoms with Gasteiger partial charge in [-0.3, -0.25) is 4.79 Å². The van der Waals surface area contributed by atoms with Gasteiger partial charge in [0.05, 0.1) is 11.6 Å². The molecular weight excluding hydrogens is 176 g/mol. The molecule has 0 aliphatic rings. The monoisotopic (exact) mass is 188 g/mol. The predicted octanol–water partition coefficient (Wildman–Crippen LogP) is 1.37. The van der Waals surface area contributed by atoms with E-state index in [1.807, 2.05) is 18.2 Å². The summed E-state index contributed by atoms with van der Waals surface area (Å²) in [6.45, 7) is 0. The van der Waals surface area contributed by atoms with Gasteiger partial charge in [0, 0.05) is 6.42 Å². The van der Waals surface area contributed by atoms with Crippen molar-refractivity contribution < 1.29 is 4.79 Å². The Morgan fingerprint density at radius 1 is 1.43 bits per heavy atom. The Hall–Kier alpha value is -1.82. The predicted molar refractivity (Wildman–Crippen MR) is 53.3 cm³/mol. The minimum absolute atomic E-state index is 0.292. The molecule has 2 N–H and O–H groups in total. The van der Waals surface area contributed by atoms with Crippen molar-refractivity contribution >= 4 is 5.91 Å². The zero-order chi connectivity index (χ0) is 10.4. The maximum Gasteiger partial charge on any atom is 0.217 e. The standard InChI is InChI=1S/C11H12N2O/c12-8-10-5-2-1-4-9(10)6-3-7-11(13)14/h1-2,4-5H,3,6-7H2,(H2,13,14). The summed E-state index contributed by atoms with van der Waals surface area (Å²) in [5.74, 6) is -0.292. The number of aryl methyl sites for hydroxylation is 1. The van der Waals surface area contributed by atoms with E-state index >= 15 is 0 Å². The Morgan fingerprint density at radius 2 is 2.14 bits per heavy atom. The minimum atomic E-state index is -0.292. The molecule has 3 heteroatoms. The summed E-state index contributed by atoms with van der Waals surface area (Å²) in [4.78, 5) is 10.5. The number of rotatable bonds is 4. The lowest BCUT2D eigenvalue weighted by atomic mass is 10.0. The molecule has 0 bridgehead atoms. The van der Waals surface area contributed by atoms with E-state index in [0.717, 1.165) is 12.0 Å². The number of carbonyl (C=O) groups excluding carboxylic acids is 1. The summed E-state index contributed by atoms with van der Waals surface area (Å²) in [5, 5.41) is 8.79. The van der Waals surface area contributed by atoms with E-state index in [0.29, 0.717) is 18.4 Å². The summed E-state index contributed by atoms with van der Waals surface area (Å²) in [5.41, 5.74) is 6.68. The Kier molecular flexibility index (Phi) is 3.69. The molecule has 0 heterocycles. The van der Waals surface area contributed by atoms with Gasteiger partial charge in [-0.05, 0) is 24.5 Å². The molecule has 0 radical (unpaired) electrons. The van der Waals surface area contributed by atoms with Gasteiger partial charge in [0.2, 0.25) is 5.91 Å². The van der Waals surface area contributed by atoms with Gasteiger partial charge in [0.25, 0.3) is 0 Å². The highest BCUT2D eigenvalue weighted by atomic mass is 16.1. The maximum absolute atomic E-state index is 10.5. The van der Waals surface area contributed by atoms with E-state index in [-0.39, 0.29) is 5.91 Å². The molecule has 0 aromatic heterocycles. The zero-order valence-corrected chi connectivity index (χ0v) is 7.86. The molecule has 1 rings (SSSR count). The second-order valence-corrected chi connectivity index (χ2v) is 3.09.